The van der Waals surface area contributed by atoms with Crippen molar-refractivity contribution in [2.75, 3.05) is 13.6 Å². The fraction of sp³-hybridized carbons (Fsp3) is 0.429. The van der Waals surface area contributed by atoms with E-state index in [4.69, 9.17) is 43.6 Å². The summed E-state index contributed by atoms with van der Waals surface area (Å²) >= 11 is 12.3. The molecule has 2 heterocycles. The molecule has 0 unspecified atom stereocenters. The lowest BCUT2D eigenvalue weighted by atomic mass is 9.66. The third-order valence-electron chi connectivity index (χ3n) is 7.67. The third kappa shape index (κ3) is 7.31. The highest BCUT2D eigenvalue weighted by atomic mass is 35.5. The van der Waals surface area contributed by atoms with E-state index in [2.05, 4.69) is 29.4 Å². The van der Waals surface area contributed by atoms with Gasteiger partial charge in [-0.25, -0.2) is 4.79 Å². The number of hydrogen-bond donors (Lipinski definition) is 5. The molecule has 2 bridgehead atoms. The number of aliphatic carboxylic acids is 3. The van der Waals surface area contributed by atoms with Gasteiger partial charge in [-0.05, 0) is 62.4 Å². The Morgan fingerprint density at radius 3 is 2.05 bits per heavy atom. The monoisotopic (exact) mass is 594 g/mol. The van der Waals surface area contributed by atoms with Crippen LogP contribution in [-0.2, 0) is 14.4 Å². The molecule has 1 aliphatic carbocycles. The maximum atomic E-state index is 13.1. The number of benzene rings is 2. The maximum absolute atomic E-state index is 13.1. The summed E-state index contributed by atoms with van der Waals surface area (Å²) in [6.45, 7) is 1.10. The fourth-order valence-electron chi connectivity index (χ4n) is 5.59. The average molecular weight is 595 g/mol. The molecule has 3 aliphatic rings. The highest BCUT2D eigenvalue weighted by molar-refractivity contribution is 6.36. The lowest BCUT2D eigenvalue weighted by Gasteiger charge is -2.57. The van der Waals surface area contributed by atoms with Gasteiger partial charge in [-0.1, -0.05) is 53.5 Å². The van der Waals surface area contributed by atoms with Gasteiger partial charge in [0.2, 0.25) is 0 Å². The Kier molecular flexibility index (Phi) is 10.2. The summed E-state index contributed by atoms with van der Waals surface area (Å²) in [5, 5.41) is 38.0. The summed E-state index contributed by atoms with van der Waals surface area (Å²) in [5.74, 6) is -4.38. The van der Waals surface area contributed by atoms with Crippen LogP contribution in [0.15, 0.2) is 48.5 Å². The second-order valence-electron chi connectivity index (χ2n) is 10.3. The van der Waals surface area contributed by atoms with Gasteiger partial charge in [0.05, 0.1) is 29.5 Å². The van der Waals surface area contributed by atoms with Gasteiger partial charge in [-0.3, -0.25) is 19.3 Å². The second kappa shape index (κ2) is 13.0. The van der Waals surface area contributed by atoms with Gasteiger partial charge in [0.25, 0.3) is 5.91 Å². The summed E-state index contributed by atoms with van der Waals surface area (Å²) in [7, 11) is 2.20. The molecule has 1 saturated carbocycles. The Labute approximate surface area is 241 Å². The van der Waals surface area contributed by atoms with E-state index in [-0.39, 0.29) is 17.5 Å². The highest BCUT2D eigenvalue weighted by Crippen LogP contribution is 2.49. The zero-order valence-corrected chi connectivity index (χ0v) is 23.4. The number of carbonyl (C=O) groups is 4. The molecule has 0 aromatic heterocycles. The highest BCUT2D eigenvalue weighted by Gasteiger charge is 2.50. The minimum atomic E-state index is -2.74. The van der Waals surface area contributed by atoms with Gasteiger partial charge in [0.15, 0.2) is 5.60 Å². The first-order valence-corrected chi connectivity index (χ1v) is 13.4. The van der Waals surface area contributed by atoms with Gasteiger partial charge >= 0.3 is 17.9 Å². The molecule has 10 nitrogen and oxygen atoms in total. The molecule has 0 spiro atoms. The molecule has 216 valence electrons. The molecule has 0 radical (unpaired) electrons. The number of carbonyl (C=O) groups excluding carboxylic acids is 1. The first-order chi connectivity index (χ1) is 18.8. The Morgan fingerprint density at radius 1 is 1.00 bits per heavy atom. The Bertz CT molecular complexity index is 1230. The largest absolute Gasteiger partial charge is 0.481 e. The summed E-state index contributed by atoms with van der Waals surface area (Å²) in [6, 6.07) is 15.2. The summed E-state index contributed by atoms with van der Waals surface area (Å²) in [5.41, 5.74) is -1.18. The van der Waals surface area contributed by atoms with Crippen molar-refractivity contribution in [2.24, 2.45) is 5.92 Å². The number of carboxylic acid groups (broad SMARTS) is 3. The van der Waals surface area contributed by atoms with Gasteiger partial charge in [-0.15, -0.1) is 0 Å². The van der Waals surface area contributed by atoms with Gasteiger partial charge in [-0.2, -0.15) is 0 Å². The van der Waals surface area contributed by atoms with Crippen molar-refractivity contribution < 1.29 is 39.6 Å². The van der Waals surface area contributed by atoms with E-state index < -0.39 is 36.4 Å². The number of rotatable bonds is 9. The van der Waals surface area contributed by atoms with Crippen LogP contribution in [0.2, 0.25) is 10.0 Å². The fourth-order valence-corrected chi connectivity index (χ4v) is 6.08. The molecule has 1 atom stereocenters. The van der Waals surface area contributed by atoms with E-state index in [0.717, 1.165) is 30.9 Å². The number of nitrogens with one attached hydrogen (secondary N) is 1. The minimum absolute atomic E-state index is 0.0509. The van der Waals surface area contributed by atoms with Crippen LogP contribution < -0.4 is 5.32 Å². The average Bonchev–Trinajstić information content (AvgIpc) is 2.87. The van der Waals surface area contributed by atoms with E-state index >= 15 is 0 Å². The van der Waals surface area contributed by atoms with Crippen LogP contribution in [0.1, 0.15) is 60.5 Å². The predicted octanol–water partition coefficient (Wildman–Crippen LogP) is 4.09. The second-order valence-corrected chi connectivity index (χ2v) is 11.2. The number of hydrogen-bond acceptors (Lipinski definition) is 6. The maximum Gasteiger partial charge on any atom is 0.336 e. The summed E-state index contributed by atoms with van der Waals surface area (Å²) in [6.07, 6.45) is 2.37. The SMILES string of the molecule is CN1CC2CCC1([C@@H](NC(=O)c1ccc(Cl)cc1Cl)c1ccccc1)CC2.O=C(O)CC(O)(CC(=O)O)C(=O)O. The molecule has 12 heteroatoms. The number of likely N-dealkylation sites (N-methyl/N-ethyl adjacent to an activating group) is 1. The number of amides is 1. The van der Waals surface area contributed by atoms with Crippen LogP contribution >= 0.6 is 23.2 Å². The molecular formula is C28H32Cl2N2O8. The van der Waals surface area contributed by atoms with Gasteiger partial charge < -0.3 is 25.7 Å². The van der Waals surface area contributed by atoms with Crippen molar-refractivity contribution >= 4 is 47.0 Å². The molecular weight excluding hydrogens is 563 g/mol. The first kappa shape index (κ1) is 31.3. The van der Waals surface area contributed by atoms with Crippen molar-refractivity contribution in [3.8, 4) is 0 Å². The smallest absolute Gasteiger partial charge is 0.336 e. The zero-order valence-electron chi connectivity index (χ0n) is 21.8. The van der Waals surface area contributed by atoms with Crippen LogP contribution in [0.5, 0.6) is 0 Å². The molecule has 3 fully saturated rings. The van der Waals surface area contributed by atoms with Crippen LogP contribution in [0.25, 0.3) is 0 Å². The van der Waals surface area contributed by atoms with Crippen LogP contribution in [-0.4, -0.2) is 73.9 Å². The predicted molar refractivity (Wildman–Crippen MR) is 148 cm³/mol. The van der Waals surface area contributed by atoms with Crippen molar-refractivity contribution in [2.45, 2.75) is 55.7 Å². The topological polar surface area (TPSA) is 164 Å². The van der Waals surface area contributed by atoms with Gasteiger partial charge in [0, 0.05) is 17.1 Å². The standard InChI is InChI=1S/C22H24Cl2N2O.C6H8O7/c1-26-14-15-9-11-22(26,12-10-15)20(16-5-3-2-4-6-16)25-21(27)18-8-7-17(23)13-19(18)24;7-3(8)1-6(13,5(11)12)2-4(9)10/h2-8,13,15,20H,9-12,14H2,1H3,(H,25,27);13H,1-2H2,(H,7,8)(H,9,10)(H,11,12)/t15?,20-,22?;/m0./s1. The first-order valence-electron chi connectivity index (χ1n) is 12.7. The van der Waals surface area contributed by atoms with E-state index in [9.17, 15) is 19.2 Å². The number of nitrogens with zero attached hydrogens (tertiary/aromatic N) is 1. The molecule has 5 rings (SSSR count). The molecule has 2 aliphatic heterocycles. The Balaban J connectivity index is 0.000000289. The number of carboxylic acids is 3. The van der Waals surface area contributed by atoms with Crippen molar-refractivity contribution in [3.63, 3.8) is 0 Å². The minimum Gasteiger partial charge on any atom is -0.481 e. The summed E-state index contributed by atoms with van der Waals surface area (Å²) in [4.78, 5) is 46.1. The normalized spacial score (nSPS) is 21.1. The van der Waals surface area contributed by atoms with Crippen LogP contribution in [0.3, 0.4) is 0 Å². The molecule has 2 aromatic rings. The van der Waals surface area contributed by atoms with Crippen molar-refractivity contribution in [1.82, 2.24) is 10.2 Å². The van der Waals surface area contributed by atoms with Crippen LogP contribution in [0.4, 0.5) is 0 Å². The number of piperidine rings is 2. The molecule has 2 saturated heterocycles. The van der Waals surface area contributed by atoms with E-state index in [1.165, 1.54) is 12.8 Å². The number of fused-ring (bicyclic) bond motifs is 3. The van der Waals surface area contributed by atoms with E-state index in [0.29, 0.717) is 15.6 Å². The third-order valence-corrected chi connectivity index (χ3v) is 8.22. The van der Waals surface area contributed by atoms with Gasteiger partial charge in [0.1, 0.15) is 0 Å². The van der Waals surface area contributed by atoms with Crippen LogP contribution in [0, 0.1) is 5.92 Å². The number of halogens is 2. The number of aliphatic hydroxyl groups is 1. The molecule has 1 amide bonds. The quantitative estimate of drug-likeness (QED) is 0.287. The molecule has 40 heavy (non-hydrogen) atoms. The van der Waals surface area contributed by atoms with Crippen molar-refractivity contribution in [3.05, 3.63) is 69.7 Å². The zero-order chi connectivity index (χ0) is 29.7. The summed E-state index contributed by atoms with van der Waals surface area (Å²) < 4.78 is 0. The van der Waals surface area contributed by atoms with Crippen molar-refractivity contribution in [1.29, 1.82) is 0 Å². The Morgan fingerprint density at radius 2 is 1.57 bits per heavy atom. The molecule has 5 N–H and O–H groups in total. The van der Waals surface area contributed by atoms with E-state index in [1.54, 1.807) is 18.2 Å². The lowest BCUT2D eigenvalue weighted by molar-refractivity contribution is -0.170. The Hall–Kier alpha value is -3.18. The van der Waals surface area contributed by atoms with E-state index in [1.807, 2.05) is 18.2 Å². The molecule has 2 aromatic carbocycles. The lowest BCUT2D eigenvalue weighted by Crippen LogP contribution is -2.62.